The highest BCUT2D eigenvalue weighted by atomic mass is 32.1. The van der Waals surface area contributed by atoms with Crippen molar-refractivity contribution in [2.45, 2.75) is 64.8 Å². The Kier molecular flexibility index (Phi) is 10.4. The molecule has 0 spiro atoms. The number of alkyl carbamates (subject to hydrolysis) is 2. The molecule has 0 radical (unpaired) electrons. The molecule has 4 aromatic rings. The van der Waals surface area contributed by atoms with Crippen molar-refractivity contribution in [3.63, 3.8) is 0 Å². The van der Waals surface area contributed by atoms with Crippen LogP contribution >= 0.6 is 25.3 Å². The SMILES string of the molecule is CC(C)(C)OC(=O)N[C@@H](CS)c1ncc(-c2ccc(-c3ccc(-c4cnc([C@H](CS)NC(=O)OC(C)(C)C)[nH]4)cc3)cc2)[nH]1. The van der Waals surface area contributed by atoms with Gasteiger partial charge in [0.05, 0.1) is 35.9 Å². The minimum absolute atomic E-state index is 0.361. The summed E-state index contributed by atoms with van der Waals surface area (Å²) in [5, 5.41) is 5.63. The number of aromatic amines is 2. The normalized spacial score (nSPS) is 13.2. The second-order valence-corrected chi connectivity index (χ2v) is 13.0. The molecule has 44 heavy (non-hydrogen) atoms. The van der Waals surface area contributed by atoms with Crippen molar-refractivity contribution in [2.75, 3.05) is 11.5 Å². The van der Waals surface area contributed by atoms with E-state index in [9.17, 15) is 9.59 Å². The van der Waals surface area contributed by atoms with Crippen LogP contribution in [0, 0.1) is 0 Å². The summed E-state index contributed by atoms with van der Waals surface area (Å²) in [5.74, 6) is 1.92. The zero-order valence-electron chi connectivity index (χ0n) is 25.8. The molecule has 0 aliphatic carbocycles. The first-order valence-corrected chi connectivity index (χ1v) is 15.5. The molecule has 0 saturated heterocycles. The van der Waals surface area contributed by atoms with Crippen LogP contribution in [0.1, 0.15) is 65.3 Å². The molecule has 2 heterocycles. The molecule has 234 valence electrons. The van der Waals surface area contributed by atoms with E-state index in [1.54, 1.807) is 12.4 Å². The van der Waals surface area contributed by atoms with Gasteiger partial charge in [-0.05, 0) is 63.8 Å². The third-order valence-electron chi connectivity index (χ3n) is 6.32. The lowest BCUT2D eigenvalue weighted by Crippen LogP contribution is -2.36. The molecule has 2 aromatic carbocycles. The van der Waals surface area contributed by atoms with E-state index in [0.29, 0.717) is 23.2 Å². The van der Waals surface area contributed by atoms with E-state index in [-0.39, 0.29) is 0 Å². The number of amides is 2. The lowest BCUT2D eigenvalue weighted by Gasteiger charge is -2.22. The number of carbonyl (C=O) groups is 2. The number of aromatic nitrogens is 4. The van der Waals surface area contributed by atoms with E-state index in [1.807, 2.05) is 90.1 Å². The Bertz CT molecular complexity index is 1440. The van der Waals surface area contributed by atoms with Crippen LogP contribution in [-0.2, 0) is 9.47 Å². The van der Waals surface area contributed by atoms with E-state index in [2.05, 4.69) is 55.8 Å². The van der Waals surface area contributed by atoms with Gasteiger partial charge in [0.15, 0.2) is 0 Å². The fourth-order valence-electron chi connectivity index (χ4n) is 4.31. The number of ether oxygens (including phenoxy) is 2. The molecule has 2 amide bonds. The smallest absolute Gasteiger partial charge is 0.408 e. The Morgan fingerprint density at radius 1 is 0.659 bits per heavy atom. The number of rotatable bonds is 9. The van der Waals surface area contributed by atoms with Gasteiger partial charge in [0, 0.05) is 11.5 Å². The topological polar surface area (TPSA) is 134 Å². The molecule has 2 atom stereocenters. The average molecular weight is 637 g/mol. The number of thiol groups is 2. The van der Waals surface area contributed by atoms with Gasteiger partial charge in [0.25, 0.3) is 0 Å². The molecule has 0 aliphatic rings. The van der Waals surface area contributed by atoms with Crippen LogP contribution < -0.4 is 10.6 Å². The minimum atomic E-state index is -0.595. The summed E-state index contributed by atoms with van der Waals surface area (Å²) < 4.78 is 10.7. The van der Waals surface area contributed by atoms with E-state index in [1.165, 1.54) is 0 Å². The number of nitrogens with one attached hydrogen (secondary N) is 4. The zero-order chi connectivity index (χ0) is 32.1. The maximum absolute atomic E-state index is 12.2. The molecule has 4 N–H and O–H groups in total. The van der Waals surface area contributed by atoms with Gasteiger partial charge in [-0.1, -0.05) is 48.5 Å². The summed E-state index contributed by atoms with van der Waals surface area (Å²) in [6, 6.07) is 15.4. The molecule has 4 rings (SSSR count). The molecule has 2 aromatic heterocycles. The molecule has 0 aliphatic heterocycles. The number of hydrogen-bond donors (Lipinski definition) is 6. The van der Waals surface area contributed by atoms with Crippen molar-refractivity contribution in [3.8, 4) is 33.6 Å². The van der Waals surface area contributed by atoms with Crippen LogP contribution in [0.5, 0.6) is 0 Å². The summed E-state index contributed by atoms with van der Waals surface area (Å²) in [7, 11) is 0. The lowest BCUT2D eigenvalue weighted by molar-refractivity contribution is 0.0495. The predicted molar refractivity (Wildman–Crippen MR) is 179 cm³/mol. The molecular formula is C32H40N6O4S2. The van der Waals surface area contributed by atoms with E-state index < -0.39 is 35.5 Å². The minimum Gasteiger partial charge on any atom is -0.444 e. The number of H-pyrrole nitrogens is 2. The zero-order valence-corrected chi connectivity index (χ0v) is 27.6. The van der Waals surface area contributed by atoms with Crippen molar-refractivity contribution < 1.29 is 19.1 Å². The van der Waals surface area contributed by atoms with E-state index in [0.717, 1.165) is 33.6 Å². The quantitative estimate of drug-likeness (QED) is 0.108. The average Bonchev–Trinajstić information content (AvgIpc) is 3.64. The van der Waals surface area contributed by atoms with Gasteiger partial charge in [0.1, 0.15) is 22.9 Å². The first-order chi connectivity index (χ1) is 20.7. The van der Waals surface area contributed by atoms with Gasteiger partial charge in [-0.2, -0.15) is 25.3 Å². The molecule has 0 bridgehead atoms. The first-order valence-electron chi connectivity index (χ1n) is 14.3. The molecule has 0 fully saturated rings. The Morgan fingerprint density at radius 3 is 1.27 bits per heavy atom. The maximum Gasteiger partial charge on any atom is 0.408 e. The summed E-state index contributed by atoms with van der Waals surface area (Å²) in [6.07, 6.45) is 2.45. The third kappa shape index (κ3) is 9.06. The second kappa shape index (κ2) is 13.8. The van der Waals surface area contributed by atoms with Crippen molar-refractivity contribution in [3.05, 3.63) is 72.6 Å². The second-order valence-electron chi connectivity index (χ2n) is 12.3. The van der Waals surface area contributed by atoms with Gasteiger partial charge >= 0.3 is 12.2 Å². The highest BCUT2D eigenvalue weighted by molar-refractivity contribution is 7.80. The van der Waals surface area contributed by atoms with Gasteiger partial charge in [-0.3, -0.25) is 0 Å². The van der Waals surface area contributed by atoms with Crippen molar-refractivity contribution in [2.24, 2.45) is 0 Å². The van der Waals surface area contributed by atoms with Crippen LogP contribution in [0.15, 0.2) is 60.9 Å². The monoisotopic (exact) mass is 636 g/mol. The van der Waals surface area contributed by atoms with Crippen molar-refractivity contribution >= 4 is 37.4 Å². The Morgan fingerprint density at radius 2 is 0.977 bits per heavy atom. The maximum atomic E-state index is 12.2. The Labute approximate surface area is 269 Å². The molecular weight excluding hydrogens is 597 g/mol. The van der Waals surface area contributed by atoms with Crippen molar-refractivity contribution in [1.82, 2.24) is 30.6 Å². The highest BCUT2D eigenvalue weighted by Crippen LogP contribution is 2.28. The van der Waals surface area contributed by atoms with E-state index in [4.69, 9.17) is 9.47 Å². The highest BCUT2D eigenvalue weighted by Gasteiger charge is 2.23. The Balaban J connectivity index is 1.41. The summed E-state index contributed by atoms with van der Waals surface area (Å²) in [4.78, 5) is 40.0. The largest absolute Gasteiger partial charge is 0.444 e. The predicted octanol–water partition coefficient (Wildman–Crippen LogP) is 7.13. The standard InChI is InChI=1S/C32H40N6O4S2/c1-31(2,3)41-29(39)37-25(17-43)27-33-15-23(35-27)21-11-7-19(8-12-21)20-9-13-22(14-10-20)24-16-34-28(36-24)26(18-44)38-30(40)42-32(4,5)6/h7-16,25-26,43-44H,17-18H2,1-6H3,(H,33,35)(H,34,36)(H,37,39)(H,38,40)/t25-,26-/m0/s1. The van der Waals surface area contributed by atoms with Gasteiger partial charge in [0.2, 0.25) is 0 Å². The van der Waals surface area contributed by atoms with E-state index >= 15 is 0 Å². The lowest BCUT2D eigenvalue weighted by atomic mass is 10.0. The summed E-state index contributed by atoms with van der Waals surface area (Å²) in [6.45, 7) is 10.9. The number of hydrogen-bond acceptors (Lipinski definition) is 8. The number of benzene rings is 2. The van der Waals surface area contributed by atoms with Crippen LogP contribution in [0.3, 0.4) is 0 Å². The van der Waals surface area contributed by atoms with Crippen LogP contribution in [-0.4, -0.2) is 54.8 Å². The van der Waals surface area contributed by atoms with Crippen LogP contribution in [0.4, 0.5) is 9.59 Å². The van der Waals surface area contributed by atoms with Gasteiger partial charge in [-0.25, -0.2) is 19.6 Å². The fraction of sp³-hybridized carbons (Fsp3) is 0.375. The van der Waals surface area contributed by atoms with Crippen LogP contribution in [0.25, 0.3) is 33.6 Å². The fourth-order valence-corrected chi connectivity index (χ4v) is 4.83. The van der Waals surface area contributed by atoms with Gasteiger partial charge in [-0.15, -0.1) is 0 Å². The Hall–Kier alpha value is -3.90. The number of imidazole rings is 2. The third-order valence-corrected chi connectivity index (χ3v) is 7.05. The first kappa shape index (κ1) is 33.0. The molecule has 0 saturated carbocycles. The number of nitrogens with zero attached hydrogens (tertiary/aromatic N) is 2. The van der Waals surface area contributed by atoms with Crippen molar-refractivity contribution in [1.29, 1.82) is 0 Å². The molecule has 10 nitrogen and oxygen atoms in total. The number of carbonyl (C=O) groups excluding carboxylic acids is 2. The van der Waals surface area contributed by atoms with Gasteiger partial charge < -0.3 is 30.1 Å². The molecule has 12 heteroatoms. The summed E-state index contributed by atoms with van der Waals surface area (Å²) in [5.41, 5.74) is 4.50. The summed E-state index contributed by atoms with van der Waals surface area (Å²) >= 11 is 8.75. The molecule has 0 unspecified atom stereocenters. The van der Waals surface area contributed by atoms with Crippen LogP contribution in [0.2, 0.25) is 0 Å².